The van der Waals surface area contributed by atoms with E-state index in [1.807, 2.05) is 0 Å². The van der Waals surface area contributed by atoms with E-state index in [4.69, 9.17) is 43.1 Å². The van der Waals surface area contributed by atoms with Gasteiger partial charge in [0, 0.05) is 13.2 Å². The number of aromatic nitrogens is 5. The number of halogens is 2. The molecule has 0 unspecified atom stereocenters. The molecular formula is C17H19Cl2N7O4. The van der Waals surface area contributed by atoms with Crippen LogP contribution in [-0.4, -0.2) is 67.1 Å². The molecule has 0 radical (unpaired) electrons. The standard InChI is InChI=1S/C17H19Cl2N7O4/c1-26-4-8(19)10(25-26)3-21-14-7(18)2-9-15(23-14)24-16(22-9)30-12-6-28-13-11(27)5-29-17(12,13)20/h2,4,11-13,27H,3,5-6,20H2,1H3,(H2,21,22,23,24)/t11-,12-,13-,17-/m1/s1. The summed E-state index contributed by atoms with van der Waals surface area (Å²) < 4.78 is 18.6. The number of nitrogens with one attached hydrogen (secondary N) is 2. The van der Waals surface area contributed by atoms with Crippen molar-refractivity contribution in [1.29, 1.82) is 0 Å². The molecule has 13 heteroatoms. The molecule has 11 nitrogen and oxygen atoms in total. The van der Waals surface area contributed by atoms with Crippen LogP contribution in [0.15, 0.2) is 12.3 Å². The van der Waals surface area contributed by atoms with Crippen LogP contribution in [-0.2, 0) is 23.1 Å². The summed E-state index contributed by atoms with van der Waals surface area (Å²) in [6, 6.07) is 1.89. The van der Waals surface area contributed by atoms with Crippen LogP contribution in [0.3, 0.4) is 0 Å². The highest BCUT2D eigenvalue weighted by molar-refractivity contribution is 6.33. The van der Waals surface area contributed by atoms with Gasteiger partial charge in [-0.15, -0.1) is 0 Å². The summed E-state index contributed by atoms with van der Waals surface area (Å²) in [6.07, 6.45) is -0.364. The van der Waals surface area contributed by atoms with Crippen molar-refractivity contribution in [3.05, 3.63) is 28.0 Å². The lowest BCUT2D eigenvalue weighted by Crippen LogP contribution is -2.57. The molecule has 2 saturated heterocycles. The molecule has 0 aromatic carbocycles. The van der Waals surface area contributed by atoms with Gasteiger partial charge in [0.15, 0.2) is 17.5 Å². The van der Waals surface area contributed by atoms with Crippen LogP contribution >= 0.6 is 23.2 Å². The molecule has 0 aliphatic carbocycles. The molecule has 0 saturated carbocycles. The maximum Gasteiger partial charge on any atom is 0.296 e. The lowest BCUT2D eigenvalue weighted by molar-refractivity contribution is -0.0647. The molecule has 30 heavy (non-hydrogen) atoms. The Balaban J connectivity index is 1.34. The molecule has 3 aromatic heterocycles. The number of nitrogens with zero attached hydrogens (tertiary/aromatic N) is 4. The van der Waals surface area contributed by atoms with Gasteiger partial charge in [0.05, 0.1) is 35.3 Å². The van der Waals surface area contributed by atoms with Crippen LogP contribution in [0.1, 0.15) is 5.69 Å². The number of ether oxygens (including phenoxy) is 3. The first-order valence-corrected chi connectivity index (χ1v) is 9.96. The maximum atomic E-state index is 9.92. The Hall–Kier alpha value is -2.15. The Morgan fingerprint density at radius 1 is 1.40 bits per heavy atom. The molecule has 5 N–H and O–H groups in total. The summed E-state index contributed by atoms with van der Waals surface area (Å²) in [4.78, 5) is 11.8. The number of hydrogen-bond donors (Lipinski definition) is 4. The number of aliphatic hydroxyl groups is 1. The minimum atomic E-state index is -1.24. The molecule has 5 heterocycles. The predicted octanol–water partition coefficient (Wildman–Crippen LogP) is 0.803. The number of rotatable bonds is 5. The lowest BCUT2D eigenvalue weighted by Gasteiger charge is -2.27. The van der Waals surface area contributed by atoms with Gasteiger partial charge in [0.25, 0.3) is 6.01 Å². The molecule has 4 atom stereocenters. The van der Waals surface area contributed by atoms with E-state index < -0.39 is 24.0 Å². The second-order valence-electron chi connectivity index (χ2n) is 7.28. The van der Waals surface area contributed by atoms with Gasteiger partial charge in [-0.25, -0.2) is 4.98 Å². The normalized spacial score (nSPS) is 28.2. The molecule has 0 bridgehead atoms. The topological polar surface area (TPSA) is 145 Å². The van der Waals surface area contributed by atoms with Gasteiger partial charge in [0.2, 0.25) is 0 Å². The monoisotopic (exact) mass is 455 g/mol. The zero-order valence-electron chi connectivity index (χ0n) is 15.8. The van der Waals surface area contributed by atoms with Gasteiger partial charge in [-0.05, 0) is 6.07 Å². The van der Waals surface area contributed by atoms with Crippen molar-refractivity contribution in [3.8, 4) is 6.01 Å². The summed E-state index contributed by atoms with van der Waals surface area (Å²) in [5.74, 6) is 0.436. The summed E-state index contributed by atoms with van der Waals surface area (Å²) in [5, 5.41) is 18.2. The Bertz CT molecular complexity index is 1110. The van der Waals surface area contributed by atoms with Gasteiger partial charge in [-0.2, -0.15) is 10.1 Å². The average Bonchev–Trinajstić information content (AvgIpc) is 3.39. The average molecular weight is 456 g/mol. The van der Waals surface area contributed by atoms with Crippen LogP contribution in [0.4, 0.5) is 5.82 Å². The third kappa shape index (κ3) is 3.27. The van der Waals surface area contributed by atoms with E-state index in [-0.39, 0.29) is 19.2 Å². The van der Waals surface area contributed by atoms with E-state index in [1.165, 1.54) is 0 Å². The molecular weight excluding hydrogens is 437 g/mol. The number of aliphatic hydroxyl groups excluding tert-OH is 1. The Morgan fingerprint density at radius 3 is 3.00 bits per heavy atom. The second-order valence-corrected chi connectivity index (χ2v) is 8.09. The molecule has 5 rings (SSSR count). The molecule has 0 amide bonds. The summed E-state index contributed by atoms with van der Waals surface area (Å²) in [6.45, 7) is 0.608. The van der Waals surface area contributed by atoms with E-state index in [2.05, 4.69) is 25.4 Å². The highest BCUT2D eigenvalue weighted by atomic mass is 35.5. The van der Waals surface area contributed by atoms with E-state index in [9.17, 15) is 5.11 Å². The van der Waals surface area contributed by atoms with Gasteiger partial charge < -0.3 is 29.6 Å². The number of H-pyrrole nitrogens is 1. The number of imidazole rings is 1. The fourth-order valence-electron chi connectivity index (χ4n) is 3.67. The predicted molar refractivity (Wildman–Crippen MR) is 107 cm³/mol. The van der Waals surface area contributed by atoms with Crippen molar-refractivity contribution in [3.63, 3.8) is 0 Å². The van der Waals surface area contributed by atoms with E-state index in [1.54, 1.807) is 24.0 Å². The molecule has 0 spiro atoms. The first-order valence-electron chi connectivity index (χ1n) is 9.21. The highest BCUT2D eigenvalue weighted by Gasteiger charge is 2.59. The second kappa shape index (κ2) is 7.22. The quantitative estimate of drug-likeness (QED) is 0.438. The van der Waals surface area contributed by atoms with Crippen LogP contribution in [0, 0.1) is 0 Å². The molecule has 2 aliphatic heterocycles. The van der Waals surface area contributed by atoms with Crippen molar-refractivity contribution >= 4 is 40.2 Å². The molecule has 160 valence electrons. The zero-order chi connectivity index (χ0) is 21.0. The number of pyridine rings is 1. The minimum Gasteiger partial charge on any atom is -0.454 e. The number of aryl methyl sites for hydroxylation is 1. The fraction of sp³-hybridized carbons (Fsp3) is 0.471. The fourth-order valence-corrected chi connectivity index (χ4v) is 4.13. The van der Waals surface area contributed by atoms with Gasteiger partial charge in [0.1, 0.15) is 23.7 Å². The Labute approximate surface area is 180 Å². The molecule has 3 aromatic rings. The first-order chi connectivity index (χ1) is 14.3. The molecule has 2 aliphatic rings. The van der Waals surface area contributed by atoms with Crippen molar-refractivity contribution in [1.82, 2.24) is 24.7 Å². The van der Waals surface area contributed by atoms with Crippen molar-refractivity contribution in [2.75, 3.05) is 18.5 Å². The summed E-state index contributed by atoms with van der Waals surface area (Å²) >= 11 is 12.5. The third-order valence-corrected chi connectivity index (χ3v) is 5.77. The van der Waals surface area contributed by atoms with Crippen LogP contribution in [0.5, 0.6) is 6.01 Å². The van der Waals surface area contributed by atoms with Crippen molar-refractivity contribution in [2.24, 2.45) is 12.8 Å². The van der Waals surface area contributed by atoms with E-state index >= 15 is 0 Å². The number of nitrogens with two attached hydrogens (primary N) is 1. The summed E-state index contributed by atoms with van der Waals surface area (Å²) in [7, 11) is 1.79. The van der Waals surface area contributed by atoms with Crippen molar-refractivity contribution in [2.45, 2.75) is 30.6 Å². The number of fused-ring (bicyclic) bond motifs is 2. The van der Waals surface area contributed by atoms with Gasteiger partial charge in [-0.1, -0.05) is 23.2 Å². The molecule has 2 fully saturated rings. The lowest BCUT2D eigenvalue weighted by atomic mass is 10.0. The maximum absolute atomic E-state index is 9.92. The van der Waals surface area contributed by atoms with Crippen LogP contribution < -0.4 is 15.8 Å². The number of aromatic amines is 1. The SMILES string of the molecule is Cn1cc(Cl)c(CNc2nc3nc(O[C@@H]4CO[C@@H]5[C@H](O)CO[C@@]54N)[nH]c3cc2Cl)n1. The highest BCUT2D eigenvalue weighted by Crippen LogP contribution is 2.36. The van der Waals surface area contributed by atoms with E-state index in [0.29, 0.717) is 39.3 Å². The number of anilines is 1. The summed E-state index contributed by atoms with van der Waals surface area (Å²) in [5.41, 5.74) is 6.68. The van der Waals surface area contributed by atoms with Crippen LogP contribution in [0.25, 0.3) is 11.2 Å². The van der Waals surface area contributed by atoms with Gasteiger partial charge in [-0.3, -0.25) is 10.4 Å². The largest absolute Gasteiger partial charge is 0.454 e. The minimum absolute atomic E-state index is 0.0909. The zero-order valence-corrected chi connectivity index (χ0v) is 17.3. The third-order valence-electron chi connectivity index (χ3n) is 5.17. The van der Waals surface area contributed by atoms with Crippen molar-refractivity contribution < 1.29 is 19.3 Å². The Kier molecular flexibility index (Phi) is 4.76. The smallest absolute Gasteiger partial charge is 0.296 e. The van der Waals surface area contributed by atoms with Gasteiger partial charge >= 0.3 is 0 Å². The number of hydrogen-bond acceptors (Lipinski definition) is 9. The van der Waals surface area contributed by atoms with E-state index in [0.717, 1.165) is 0 Å². The Morgan fingerprint density at radius 2 is 2.23 bits per heavy atom. The van der Waals surface area contributed by atoms with Crippen LogP contribution in [0.2, 0.25) is 10.0 Å². The first kappa shape index (κ1) is 19.8.